The van der Waals surface area contributed by atoms with Crippen molar-refractivity contribution in [1.82, 2.24) is 19.8 Å². The first-order valence-electron chi connectivity index (χ1n) is 9.07. The van der Waals surface area contributed by atoms with E-state index in [2.05, 4.69) is 10.3 Å². The van der Waals surface area contributed by atoms with Gasteiger partial charge in [0.2, 0.25) is 0 Å². The number of amides is 2. The number of carbonyl (C=O) groups excluding carboxylic acids is 2. The summed E-state index contributed by atoms with van der Waals surface area (Å²) in [6, 6.07) is -0.356. The molecule has 1 saturated heterocycles. The van der Waals surface area contributed by atoms with Crippen molar-refractivity contribution in [2.75, 3.05) is 18.6 Å². The first kappa shape index (κ1) is 18.9. The summed E-state index contributed by atoms with van der Waals surface area (Å²) in [5.41, 5.74) is 1.06. The molecule has 0 aliphatic carbocycles. The minimum Gasteiger partial charge on any atom is -0.347 e. The Morgan fingerprint density at radius 2 is 2.04 bits per heavy atom. The quantitative estimate of drug-likeness (QED) is 0.822. The maximum Gasteiger partial charge on any atom is 0.287 e. The van der Waals surface area contributed by atoms with Gasteiger partial charge in [-0.3, -0.25) is 9.59 Å². The number of aromatic nitrogens is 2. The van der Waals surface area contributed by atoms with Crippen molar-refractivity contribution in [1.29, 1.82) is 0 Å². The normalized spacial score (nSPS) is 21.5. The van der Waals surface area contributed by atoms with Gasteiger partial charge in [0.25, 0.3) is 11.8 Å². The van der Waals surface area contributed by atoms with Gasteiger partial charge in [0.05, 0.1) is 17.2 Å². The molecule has 3 rings (SSSR count). The summed E-state index contributed by atoms with van der Waals surface area (Å²) in [4.78, 5) is 31.3. The summed E-state index contributed by atoms with van der Waals surface area (Å²) in [6.07, 6.45) is 3.02. The Kier molecular flexibility index (Phi) is 5.09. The van der Waals surface area contributed by atoms with E-state index in [-0.39, 0.29) is 46.9 Å². The molecule has 144 valence electrons. The molecule has 8 nitrogen and oxygen atoms in total. The standard InChI is InChI=1S/C17H26N4O4S/c1-11(2)18-16(22)15-19-14(13-6-4-5-8-21(13)15)17(23)20(3)12-7-9-26(24,25)10-12/h11-12H,4-10H2,1-3H3,(H,18,22). The van der Waals surface area contributed by atoms with Crippen molar-refractivity contribution in [3.8, 4) is 0 Å². The topological polar surface area (TPSA) is 101 Å². The van der Waals surface area contributed by atoms with E-state index in [1.54, 1.807) is 7.05 Å². The van der Waals surface area contributed by atoms with Gasteiger partial charge in [-0.25, -0.2) is 13.4 Å². The van der Waals surface area contributed by atoms with Gasteiger partial charge >= 0.3 is 0 Å². The minimum absolute atomic E-state index is 0.00796. The first-order chi connectivity index (χ1) is 12.2. The summed E-state index contributed by atoms with van der Waals surface area (Å²) >= 11 is 0. The van der Waals surface area contributed by atoms with E-state index in [4.69, 9.17) is 0 Å². The Balaban J connectivity index is 1.90. The largest absolute Gasteiger partial charge is 0.347 e. The fraction of sp³-hybridized carbons (Fsp3) is 0.706. The number of nitrogens with one attached hydrogen (secondary N) is 1. The van der Waals surface area contributed by atoms with Gasteiger partial charge < -0.3 is 14.8 Å². The smallest absolute Gasteiger partial charge is 0.287 e. The van der Waals surface area contributed by atoms with Gasteiger partial charge in [0.15, 0.2) is 15.7 Å². The highest BCUT2D eigenvalue weighted by Gasteiger charge is 2.36. The SMILES string of the molecule is CC(C)NC(=O)c1nc(C(=O)N(C)C2CCS(=O)(=O)C2)c2n1CCCC2. The van der Waals surface area contributed by atoms with Crippen LogP contribution < -0.4 is 5.32 Å². The monoisotopic (exact) mass is 382 g/mol. The maximum absolute atomic E-state index is 13.0. The summed E-state index contributed by atoms with van der Waals surface area (Å²) in [7, 11) is -1.46. The molecule has 0 bridgehead atoms. The Morgan fingerprint density at radius 3 is 2.65 bits per heavy atom. The molecule has 0 spiro atoms. The van der Waals surface area contributed by atoms with E-state index in [0.717, 1.165) is 18.5 Å². The number of carbonyl (C=O) groups is 2. The van der Waals surface area contributed by atoms with Crippen molar-refractivity contribution in [2.24, 2.45) is 0 Å². The molecule has 1 atom stereocenters. The predicted molar refractivity (Wildman–Crippen MR) is 96.9 cm³/mol. The van der Waals surface area contributed by atoms with Crippen molar-refractivity contribution >= 4 is 21.7 Å². The fourth-order valence-corrected chi connectivity index (χ4v) is 5.40. The second kappa shape index (κ2) is 7.02. The molecule has 1 aromatic rings. The van der Waals surface area contributed by atoms with Gasteiger partial charge in [-0.15, -0.1) is 0 Å². The van der Waals surface area contributed by atoms with Crippen molar-refractivity contribution in [3.05, 3.63) is 17.2 Å². The summed E-state index contributed by atoms with van der Waals surface area (Å²) in [6.45, 7) is 4.41. The molecular weight excluding hydrogens is 356 g/mol. The van der Waals surface area contributed by atoms with E-state index in [9.17, 15) is 18.0 Å². The van der Waals surface area contributed by atoms with E-state index in [1.807, 2.05) is 18.4 Å². The molecule has 1 unspecified atom stereocenters. The molecule has 1 aromatic heterocycles. The second-order valence-electron chi connectivity index (χ2n) is 7.44. The second-order valence-corrected chi connectivity index (χ2v) is 9.67. The van der Waals surface area contributed by atoms with Crippen molar-refractivity contribution in [3.63, 3.8) is 0 Å². The number of hydrogen-bond acceptors (Lipinski definition) is 5. The maximum atomic E-state index is 13.0. The third kappa shape index (κ3) is 3.62. The molecule has 1 fully saturated rings. The zero-order chi connectivity index (χ0) is 19.1. The zero-order valence-corrected chi connectivity index (χ0v) is 16.3. The number of fused-ring (bicyclic) bond motifs is 1. The van der Waals surface area contributed by atoms with Gasteiger partial charge in [-0.05, 0) is 39.5 Å². The summed E-state index contributed by atoms with van der Waals surface area (Å²) in [5, 5.41) is 2.83. The molecule has 9 heteroatoms. The van der Waals surface area contributed by atoms with Gasteiger partial charge in [0, 0.05) is 25.7 Å². The number of hydrogen-bond donors (Lipinski definition) is 1. The average Bonchev–Trinajstić information content (AvgIpc) is 3.13. The summed E-state index contributed by atoms with van der Waals surface area (Å²) < 4.78 is 25.3. The van der Waals surface area contributed by atoms with E-state index in [0.29, 0.717) is 19.4 Å². The zero-order valence-electron chi connectivity index (χ0n) is 15.5. The van der Waals surface area contributed by atoms with Crippen LogP contribution in [0.1, 0.15) is 59.9 Å². The number of rotatable bonds is 4. The molecule has 1 N–H and O–H groups in total. The van der Waals surface area contributed by atoms with Gasteiger partial charge in [0.1, 0.15) is 5.69 Å². The lowest BCUT2D eigenvalue weighted by Crippen LogP contribution is -2.38. The van der Waals surface area contributed by atoms with E-state index < -0.39 is 9.84 Å². The van der Waals surface area contributed by atoms with Crippen LogP contribution in [0.4, 0.5) is 0 Å². The van der Waals surface area contributed by atoms with E-state index >= 15 is 0 Å². The molecule has 2 amide bonds. The average molecular weight is 382 g/mol. The fourth-order valence-electron chi connectivity index (χ4n) is 3.63. The van der Waals surface area contributed by atoms with Crippen LogP contribution in [0.5, 0.6) is 0 Å². The van der Waals surface area contributed by atoms with Crippen LogP contribution in [0.3, 0.4) is 0 Å². The Bertz CT molecular complexity index is 828. The predicted octanol–water partition coefficient (Wildman–Crippen LogP) is 0.617. The summed E-state index contributed by atoms with van der Waals surface area (Å²) in [5.74, 6) is -0.219. The number of imidazole rings is 1. The van der Waals surface area contributed by atoms with Crippen LogP contribution in [0.25, 0.3) is 0 Å². The molecule has 2 aliphatic rings. The van der Waals surface area contributed by atoms with Crippen LogP contribution in [-0.4, -0.2) is 65.3 Å². The molecule has 2 aliphatic heterocycles. The van der Waals surface area contributed by atoms with Crippen LogP contribution in [0.2, 0.25) is 0 Å². The molecule has 26 heavy (non-hydrogen) atoms. The highest BCUT2D eigenvalue weighted by molar-refractivity contribution is 7.91. The minimum atomic E-state index is -3.08. The van der Waals surface area contributed by atoms with Crippen LogP contribution >= 0.6 is 0 Å². The van der Waals surface area contributed by atoms with Gasteiger partial charge in [-0.1, -0.05) is 0 Å². The molecule has 0 saturated carbocycles. The van der Waals surface area contributed by atoms with Gasteiger partial charge in [-0.2, -0.15) is 0 Å². The molecular formula is C17H26N4O4S. The van der Waals surface area contributed by atoms with Crippen molar-refractivity contribution < 1.29 is 18.0 Å². The third-order valence-corrected chi connectivity index (χ3v) is 6.77. The Morgan fingerprint density at radius 1 is 1.31 bits per heavy atom. The van der Waals surface area contributed by atoms with Crippen molar-refractivity contribution in [2.45, 2.75) is 58.2 Å². The Labute approximate surface area is 153 Å². The Hall–Kier alpha value is -1.90. The van der Waals surface area contributed by atoms with Crippen LogP contribution in [-0.2, 0) is 22.8 Å². The highest BCUT2D eigenvalue weighted by Crippen LogP contribution is 2.24. The number of nitrogens with zero attached hydrogens (tertiary/aromatic N) is 3. The highest BCUT2D eigenvalue weighted by atomic mass is 32.2. The lowest BCUT2D eigenvalue weighted by Gasteiger charge is -2.23. The lowest BCUT2D eigenvalue weighted by atomic mass is 10.1. The molecule has 0 radical (unpaired) electrons. The van der Waals surface area contributed by atoms with E-state index in [1.165, 1.54) is 4.90 Å². The number of sulfone groups is 1. The van der Waals surface area contributed by atoms with Crippen LogP contribution in [0.15, 0.2) is 0 Å². The third-order valence-electron chi connectivity index (χ3n) is 5.02. The molecule has 0 aromatic carbocycles. The van der Waals surface area contributed by atoms with Crippen LogP contribution in [0, 0.1) is 0 Å². The lowest BCUT2D eigenvalue weighted by molar-refractivity contribution is 0.0740. The molecule has 3 heterocycles. The first-order valence-corrected chi connectivity index (χ1v) is 10.9.